The minimum absolute atomic E-state index is 1.21. The van der Waals surface area contributed by atoms with Crippen molar-refractivity contribution >= 4 is 0 Å². The molecule has 0 aliphatic carbocycles. The molecule has 0 aromatic heterocycles. The summed E-state index contributed by atoms with van der Waals surface area (Å²) in [6, 6.07) is 0. The number of hydrogen-bond donors (Lipinski definition) is 0. The highest BCUT2D eigenvalue weighted by atomic mass is 15.1. The maximum atomic E-state index is 2.42. The maximum absolute atomic E-state index is 2.42. The molecule has 0 spiro atoms. The van der Waals surface area contributed by atoms with Crippen LogP contribution < -0.4 is 0 Å². The van der Waals surface area contributed by atoms with Gasteiger partial charge in [-0.3, -0.25) is 0 Å². The van der Waals surface area contributed by atoms with Crippen LogP contribution >= 0.6 is 0 Å². The Labute approximate surface area is 70.1 Å². The molecule has 1 nitrogen and oxygen atoms in total. The van der Waals surface area contributed by atoms with Crippen LogP contribution in [0.1, 0.15) is 39.5 Å². The summed E-state index contributed by atoms with van der Waals surface area (Å²) in [7, 11) is 2.22. The third kappa shape index (κ3) is 1.98. The van der Waals surface area contributed by atoms with Crippen molar-refractivity contribution in [2.24, 2.45) is 0 Å². The van der Waals surface area contributed by atoms with Crippen LogP contribution in [0, 0.1) is 0 Å². The SMILES string of the molecule is CC/C(C)=C1/CCCCN1C. The molecular weight excluding hydrogens is 134 g/mol. The van der Waals surface area contributed by atoms with E-state index >= 15 is 0 Å². The first-order valence-corrected chi connectivity index (χ1v) is 4.65. The minimum atomic E-state index is 1.21. The van der Waals surface area contributed by atoms with Crippen molar-refractivity contribution < 1.29 is 0 Å². The second kappa shape index (κ2) is 3.80. The van der Waals surface area contributed by atoms with Crippen molar-refractivity contribution in [2.45, 2.75) is 39.5 Å². The van der Waals surface area contributed by atoms with Gasteiger partial charge in [-0.2, -0.15) is 0 Å². The van der Waals surface area contributed by atoms with Crippen LogP contribution in [0.2, 0.25) is 0 Å². The lowest BCUT2D eigenvalue weighted by Crippen LogP contribution is -2.24. The zero-order valence-corrected chi connectivity index (χ0v) is 7.98. The number of hydrogen-bond acceptors (Lipinski definition) is 1. The van der Waals surface area contributed by atoms with Crippen LogP contribution in [0.5, 0.6) is 0 Å². The first-order valence-electron chi connectivity index (χ1n) is 4.65. The second-order valence-electron chi connectivity index (χ2n) is 3.46. The van der Waals surface area contributed by atoms with Crippen molar-refractivity contribution in [3.05, 3.63) is 11.3 Å². The van der Waals surface area contributed by atoms with Gasteiger partial charge in [0.25, 0.3) is 0 Å². The van der Waals surface area contributed by atoms with E-state index in [1.165, 1.54) is 32.2 Å². The van der Waals surface area contributed by atoms with Crippen LogP contribution in [0.3, 0.4) is 0 Å². The predicted octanol–water partition coefficient (Wildman–Crippen LogP) is 2.79. The number of piperidine rings is 1. The van der Waals surface area contributed by atoms with Gasteiger partial charge in [-0.25, -0.2) is 0 Å². The summed E-state index contributed by atoms with van der Waals surface area (Å²) in [5.74, 6) is 0. The second-order valence-corrected chi connectivity index (χ2v) is 3.46. The van der Waals surface area contributed by atoms with Gasteiger partial charge in [-0.1, -0.05) is 12.5 Å². The van der Waals surface area contributed by atoms with Gasteiger partial charge in [0.15, 0.2) is 0 Å². The molecule has 1 rings (SSSR count). The molecule has 0 aromatic carbocycles. The molecule has 1 aliphatic heterocycles. The summed E-state index contributed by atoms with van der Waals surface area (Å²) in [6.45, 7) is 5.76. The highest BCUT2D eigenvalue weighted by molar-refractivity contribution is 5.11. The lowest BCUT2D eigenvalue weighted by molar-refractivity contribution is 0.339. The van der Waals surface area contributed by atoms with E-state index in [-0.39, 0.29) is 0 Å². The van der Waals surface area contributed by atoms with E-state index in [0.717, 1.165) is 0 Å². The number of allylic oxidation sites excluding steroid dienone is 2. The Morgan fingerprint density at radius 2 is 2.18 bits per heavy atom. The van der Waals surface area contributed by atoms with E-state index < -0.39 is 0 Å². The molecule has 1 heterocycles. The first kappa shape index (κ1) is 8.63. The molecular formula is C10H19N. The Bertz CT molecular complexity index is 158. The van der Waals surface area contributed by atoms with Gasteiger partial charge in [-0.05, 0) is 32.6 Å². The fraction of sp³-hybridized carbons (Fsp3) is 0.800. The molecule has 0 bridgehead atoms. The van der Waals surface area contributed by atoms with Crippen LogP contribution in [0.4, 0.5) is 0 Å². The normalized spacial score (nSPS) is 23.7. The Kier molecular flexibility index (Phi) is 2.98. The summed E-state index contributed by atoms with van der Waals surface area (Å²) in [5, 5.41) is 0. The van der Waals surface area contributed by atoms with Gasteiger partial charge in [0.2, 0.25) is 0 Å². The van der Waals surface area contributed by atoms with E-state index in [2.05, 4.69) is 25.8 Å². The Morgan fingerprint density at radius 1 is 1.45 bits per heavy atom. The molecule has 0 atom stereocenters. The van der Waals surface area contributed by atoms with Crippen molar-refractivity contribution in [3.63, 3.8) is 0 Å². The lowest BCUT2D eigenvalue weighted by atomic mass is 10.0. The van der Waals surface area contributed by atoms with Crippen molar-refractivity contribution in [2.75, 3.05) is 13.6 Å². The van der Waals surface area contributed by atoms with Gasteiger partial charge in [0.05, 0.1) is 0 Å². The average molecular weight is 153 g/mol. The van der Waals surface area contributed by atoms with E-state index in [1.54, 1.807) is 11.3 Å². The Hall–Kier alpha value is -0.460. The van der Waals surface area contributed by atoms with Crippen molar-refractivity contribution in [1.29, 1.82) is 0 Å². The van der Waals surface area contributed by atoms with E-state index in [9.17, 15) is 0 Å². The molecule has 0 unspecified atom stereocenters. The Balaban J connectivity index is 2.67. The van der Waals surface area contributed by atoms with Gasteiger partial charge < -0.3 is 4.90 Å². The third-order valence-electron chi connectivity index (χ3n) is 2.64. The first-order chi connectivity index (χ1) is 5.25. The number of likely N-dealkylation sites (tertiary alicyclic amines) is 1. The zero-order valence-electron chi connectivity index (χ0n) is 7.98. The molecule has 1 heteroatoms. The topological polar surface area (TPSA) is 3.24 Å². The van der Waals surface area contributed by atoms with Gasteiger partial charge in [-0.15, -0.1) is 0 Å². The van der Waals surface area contributed by atoms with Crippen molar-refractivity contribution in [1.82, 2.24) is 4.90 Å². The quantitative estimate of drug-likeness (QED) is 0.560. The van der Waals surface area contributed by atoms with Crippen LogP contribution in [-0.2, 0) is 0 Å². The minimum Gasteiger partial charge on any atom is -0.378 e. The van der Waals surface area contributed by atoms with Crippen LogP contribution in [0.25, 0.3) is 0 Å². The smallest absolute Gasteiger partial charge is 0.0171 e. The monoisotopic (exact) mass is 153 g/mol. The fourth-order valence-corrected chi connectivity index (χ4v) is 1.71. The molecule has 1 saturated heterocycles. The summed E-state index contributed by atoms with van der Waals surface area (Å²) < 4.78 is 0. The molecule has 0 N–H and O–H groups in total. The standard InChI is InChI=1S/C10H19N/c1-4-9(2)10-7-5-6-8-11(10)3/h4-8H2,1-3H3/b10-9-. The molecule has 0 amide bonds. The average Bonchev–Trinajstić information content (AvgIpc) is 2.04. The predicted molar refractivity (Wildman–Crippen MR) is 49.5 cm³/mol. The summed E-state index contributed by atoms with van der Waals surface area (Å²) in [5.41, 5.74) is 3.17. The van der Waals surface area contributed by atoms with Gasteiger partial charge >= 0.3 is 0 Å². The zero-order chi connectivity index (χ0) is 8.27. The fourth-order valence-electron chi connectivity index (χ4n) is 1.71. The molecule has 0 saturated carbocycles. The van der Waals surface area contributed by atoms with Crippen molar-refractivity contribution in [3.8, 4) is 0 Å². The summed E-state index contributed by atoms with van der Waals surface area (Å²) in [4.78, 5) is 2.42. The lowest BCUT2D eigenvalue weighted by Gasteiger charge is -2.29. The molecule has 1 aliphatic rings. The molecule has 11 heavy (non-hydrogen) atoms. The van der Waals surface area contributed by atoms with Gasteiger partial charge in [0.1, 0.15) is 0 Å². The maximum Gasteiger partial charge on any atom is 0.0171 e. The third-order valence-corrected chi connectivity index (χ3v) is 2.64. The van der Waals surface area contributed by atoms with E-state index in [0.29, 0.717) is 0 Å². The van der Waals surface area contributed by atoms with Gasteiger partial charge in [0, 0.05) is 19.3 Å². The van der Waals surface area contributed by atoms with Crippen LogP contribution in [0.15, 0.2) is 11.3 Å². The molecule has 1 fully saturated rings. The van der Waals surface area contributed by atoms with Crippen LogP contribution in [-0.4, -0.2) is 18.5 Å². The molecule has 0 aromatic rings. The number of nitrogens with zero attached hydrogens (tertiary/aromatic N) is 1. The number of rotatable bonds is 1. The summed E-state index contributed by atoms with van der Waals surface area (Å²) in [6.07, 6.45) is 5.27. The molecule has 64 valence electrons. The summed E-state index contributed by atoms with van der Waals surface area (Å²) >= 11 is 0. The highest BCUT2D eigenvalue weighted by Gasteiger charge is 2.11. The largest absolute Gasteiger partial charge is 0.378 e. The highest BCUT2D eigenvalue weighted by Crippen LogP contribution is 2.22. The van der Waals surface area contributed by atoms with E-state index in [1.807, 2.05) is 0 Å². The van der Waals surface area contributed by atoms with E-state index in [4.69, 9.17) is 0 Å². The Morgan fingerprint density at radius 3 is 2.73 bits per heavy atom. The molecule has 0 radical (unpaired) electrons.